The van der Waals surface area contributed by atoms with E-state index in [1.807, 2.05) is 45.0 Å². The number of nitrogens with zero attached hydrogens (tertiary/aromatic N) is 1. The molecule has 0 spiro atoms. The standard InChI is InChI=1S/C18H28N4O3/c1-4-25-18(24)22-11-9-16(10-12-22)20-14-5-7-15(8-6-14)21-17(23)19-13(2)3/h5-8,13,16,20H,4,9-12H2,1-3H3,(H2,19,21,23). The van der Waals surface area contributed by atoms with Gasteiger partial charge in [-0.1, -0.05) is 0 Å². The van der Waals surface area contributed by atoms with Crippen LogP contribution in [-0.4, -0.2) is 48.8 Å². The zero-order chi connectivity index (χ0) is 18.2. The summed E-state index contributed by atoms with van der Waals surface area (Å²) in [5.74, 6) is 0. The summed E-state index contributed by atoms with van der Waals surface area (Å²) in [4.78, 5) is 25.1. The molecule has 0 saturated carbocycles. The third kappa shape index (κ3) is 6.17. The summed E-state index contributed by atoms with van der Waals surface area (Å²) in [5.41, 5.74) is 1.75. The van der Waals surface area contributed by atoms with Crippen LogP contribution in [0.3, 0.4) is 0 Å². The number of urea groups is 1. The van der Waals surface area contributed by atoms with Crippen LogP contribution in [0.15, 0.2) is 24.3 Å². The second-order valence-corrected chi connectivity index (χ2v) is 6.44. The zero-order valence-corrected chi connectivity index (χ0v) is 15.2. The Bertz CT molecular complexity index is 566. The van der Waals surface area contributed by atoms with Crippen LogP contribution in [0.25, 0.3) is 0 Å². The molecule has 1 saturated heterocycles. The van der Waals surface area contributed by atoms with Crippen LogP contribution in [0, 0.1) is 0 Å². The number of piperidine rings is 1. The largest absolute Gasteiger partial charge is 0.450 e. The highest BCUT2D eigenvalue weighted by molar-refractivity contribution is 5.89. The van der Waals surface area contributed by atoms with E-state index in [-0.39, 0.29) is 18.2 Å². The topological polar surface area (TPSA) is 82.7 Å². The van der Waals surface area contributed by atoms with Crippen LogP contribution in [0.5, 0.6) is 0 Å². The maximum Gasteiger partial charge on any atom is 0.409 e. The van der Waals surface area contributed by atoms with Crippen molar-refractivity contribution in [3.63, 3.8) is 0 Å². The fourth-order valence-corrected chi connectivity index (χ4v) is 2.74. The van der Waals surface area contributed by atoms with Gasteiger partial charge in [-0.15, -0.1) is 0 Å². The number of anilines is 2. The zero-order valence-electron chi connectivity index (χ0n) is 15.2. The number of rotatable bonds is 5. The van der Waals surface area contributed by atoms with E-state index in [0.29, 0.717) is 25.7 Å². The van der Waals surface area contributed by atoms with E-state index < -0.39 is 0 Å². The average Bonchev–Trinajstić information content (AvgIpc) is 2.57. The fraction of sp³-hybridized carbons (Fsp3) is 0.556. The summed E-state index contributed by atoms with van der Waals surface area (Å²) in [7, 11) is 0. The van der Waals surface area contributed by atoms with E-state index in [1.54, 1.807) is 4.90 Å². The number of carbonyl (C=O) groups is 2. The number of amides is 3. The van der Waals surface area contributed by atoms with E-state index in [2.05, 4.69) is 16.0 Å². The number of hydrogen-bond donors (Lipinski definition) is 3. The van der Waals surface area contributed by atoms with Crippen molar-refractivity contribution >= 4 is 23.5 Å². The first-order chi connectivity index (χ1) is 12.0. The number of likely N-dealkylation sites (tertiary alicyclic amines) is 1. The number of ether oxygens (including phenoxy) is 1. The maximum atomic E-state index is 11.7. The van der Waals surface area contributed by atoms with Crippen LogP contribution in [0.4, 0.5) is 21.0 Å². The molecule has 1 heterocycles. The van der Waals surface area contributed by atoms with Gasteiger partial charge in [0.15, 0.2) is 0 Å². The van der Waals surface area contributed by atoms with Gasteiger partial charge in [0.1, 0.15) is 0 Å². The molecule has 0 bridgehead atoms. The molecular formula is C18H28N4O3. The van der Waals surface area contributed by atoms with Crippen molar-refractivity contribution in [2.75, 3.05) is 30.3 Å². The summed E-state index contributed by atoms with van der Waals surface area (Å²) >= 11 is 0. The molecule has 0 unspecified atom stereocenters. The maximum absolute atomic E-state index is 11.7. The van der Waals surface area contributed by atoms with Crippen LogP contribution >= 0.6 is 0 Å². The van der Waals surface area contributed by atoms with Crippen molar-refractivity contribution in [3.8, 4) is 0 Å². The molecule has 7 heteroatoms. The second kappa shape index (κ2) is 9.15. The quantitative estimate of drug-likeness (QED) is 0.763. The highest BCUT2D eigenvalue weighted by atomic mass is 16.6. The van der Waals surface area contributed by atoms with E-state index in [9.17, 15) is 9.59 Å². The Morgan fingerprint density at radius 1 is 1.16 bits per heavy atom. The number of nitrogens with one attached hydrogen (secondary N) is 3. The second-order valence-electron chi connectivity index (χ2n) is 6.44. The lowest BCUT2D eigenvalue weighted by molar-refractivity contribution is 0.0983. The average molecular weight is 348 g/mol. The van der Waals surface area contributed by atoms with Gasteiger partial charge >= 0.3 is 12.1 Å². The molecule has 0 radical (unpaired) electrons. The molecule has 1 aromatic carbocycles. The Balaban J connectivity index is 1.78. The highest BCUT2D eigenvalue weighted by Crippen LogP contribution is 2.19. The molecular weight excluding hydrogens is 320 g/mol. The Morgan fingerprint density at radius 3 is 2.32 bits per heavy atom. The van der Waals surface area contributed by atoms with E-state index in [1.165, 1.54) is 0 Å². The smallest absolute Gasteiger partial charge is 0.409 e. The normalized spacial score (nSPS) is 15.0. The first-order valence-corrected chi connectivity index (χ1v) is 8.83. The lowest BCUT2D eigenvalue weighted by Gasteiger charge is -2.32. The summed E-state index contributed by atoms with van der Waals surface area (Å²) in [6.07, 6.45) is 1.54. The van der Waals surface area contributed by atoms with Crippen molar-refractivity contribution in [1.82, 2.24) is 10.2 Å². The van der Waals surface area contributed by atoms with Crippen LogP contribution in [-0.2, 0) is 4.74 Å². The molecule has 3 N–H and O–H groups in total. The molecule has 1 aliphatic heterocycles. The molecule has 25 heavy (non-hydrogen) atoms. The highest BCUT2D eigenvalue weighted by Gasteiger charge is 2.23. The predicted molar refractivity (Wildman–Crippen MR) is 99.0 cm³/mol. The van der Waals surface area contributed by atoms with Crippen LogP contribution < -0.4 is 16.0 Å². The molecule has 0 aromatic heterocycles. The first kappa shape index (κ1) is 18.9. The summed E-state index contributed by atoms with van der Waals surface area (Å²) in [6, 6.07) is 7.86. The van der Waals surface area contributed by atoms with Gasteiger partial charge in [-0.2, -0.15) is 0 Å². The molecule has 2 rings (SSSR count). The molecule has 0 aliphatic carbocycles. The van der Waals surface area contributed by atoms with Gasteiger partial charge in [-0.3, -0.25) is 0 Å². The summed E-state index contributed by atoms with van der Waals surface area (Å²) < 4.78 is 5.03. The number of benzene rings is 1. The Morgan fingerprint density at radius 2 is 1.76 bits per heavy atom. The van der Waals surface area contributed by atoms with E-state index in [0.717, 1.165) is 24.2 Å². The summed E-state index contributed by atoms with van der Waals surface area (Å²) in [5, 5.41) is 9.06. The molecule has 7 nitrogen and oxygen atoms in total. The number of carbonyl (C=O) groups excluding carboxylic acids is 2. The minimum absolute atomic E-state index is 0.0985. The number of hydrogen-bond acceptors (Lipinski definition) is 4. The van der Waals surface area contributed by atoms with Gasteiger partial charge in [0, 0.05) is 36.5 Å². The van der Waals surface area contributed by atoms with Crippen LogP contribution in [0.2, 0.25) is 0 Å². The van der Waals surface area contributed by atoms with E-state index >= 15 is 0 Å². The SMILES string of the molecule is CCOC(=O)N1CCC(Nc2ccc(NC(=O)NC(C)C)cc2)CC1. The van der Waals surface area contributed by atoms with Crippen molar-refractivity contribution in [3.05, 3.63) is 24.3 Å². The third-order valence-corrected chi connectivity index (χ3v) is 3.95. The molecule has 1 aromatic rings. The molecule has 138 valence electrons. The third-order valence-electron chi connectivity index (χ3n) is 3.95. The van der Waals surface area contributed by atoms with Crippen molar-refractivity contribution in [2.45, 2.75) is 45.7 Å². The minimum atomic E-state index is -0.226. The van der Waals surface area contributed by atoms with E-state index in [4.69, 9.17) is 4.74 Å². The minimum Gasteiger partial charge on any atom is -0.450 e. The monoisotopic (exact) mass is 348 g/mol. The van der Waals surface area contributed by atoms with Gasteiger partial charge in [0.25, 0.3) is 0 Å². The van der Waals surface area contributed by atoms with Crippen molar-refractivity contribution < 1.29 is 14.3 Å². The first-order valence-electron chi connectivity index (χ1n) is 8.83. The summed E-state index contributed by atoms with van der Waals surface area (Å²) in [6.45, 7) is 7.46. The van der Waals surface area contributed by atoms with Gasteiger partial charge < -0.3 is 25.6 Å². The van der Waals surface area contributed by atoms with Crippen molar-refractivity contribution in [2.24, 2.45) is 0 Å². The molecule has 1 fully saturated rings. The molecule has 1 aliphatic rings. The predicted octanol–water partition coefficient (Wildman–Crippen LogP) is 3.25. The lowest BCUT2D eigenvalue weighted by Crippen LogP contribution is -2.42. The van der Waals surface area contributed by atoms with Gasteiger partial charge in [0.2, 0.25) is 0 Å². The van der Waals surface area contributed by atoms with Gasteiger partial charge in [0.05, 0.1) is 6.61 Å². The van der Waals surface area contributed by atoms with Gasteiger partial charge in [-0.05, 0) is 57.9 Å². The van der Waals surface area contributed by atoms with Crippen molar-refractivity contribution in [1.29, 1.82) is 0 Å². The van der Waals surface area contributed by atoms with Gasteiger partial charge in [-0.25, -0.2) is 9.59 Å². The van der Waals surface area contributed by atoms with Crippen LogP contribution in [0.1, 0.15) is 33.6 Å². The lowest BCUT2D eigenvalue weighted by atomic mass is 10.0. The Labute approximate surface area is 149 Å². The molecule has 0 atom stereocenters. The Kier molecular flexibility index (Phi) is 6.91. The fourth-order valence-electron chi connectivity index (χ4n) is 2.74. The Hall–Kier alpha value is -2.44. The molecule has 3 amide bonds.